The zero-order chi connectivity index (χ0) is 17.9. The number of aliphatic carboxylic acids is 1. The Morgan fingerprint density at radius 1 is 0.958 bits per heavy atom. The number of hydrogen-bond donors (Lipinski definition) is 1. The van der Waals surface area contributed by atoms with E-state index in [1.807, 2.05) is 6.92 Å². The van der Waals surface area contributed by atoms with Crippen LogP contribution < -0.4 is 0 Å². The monoisotopic (exact) mass is 366 g/mol. The molecule has 0 aromatic carbocycles. The van der Waals surface area contributed by atoms with E-state index in [-0.39, 0.29) is 24.0 Å². The van der Waals surface area contributed by atoms with E-state index in [9.17, 15) is 9.59 Å². The van der Waals surface area contributed by atoms with Crippen LogP contribution in [0.15, 0.2) is 0 Å². The molecule has 0 saturated carbocycles. The maximum absolute atomic E-state index is 11.2. The number of carbonyl (C=O) groups is 2. The molecule has 0 saturated heterocycles. The van der Waals surface area contributed by atoms with Gasteiger partial charge in [-0.15, -0.1) is 12.4 Å². The summed E-state index contributed by atoms with van der Waals surface area (Å²) in [5, 5.41) is 9.06. The summed E-state index contributed by atoms with van der Waals surface area (Å²) < 4.78 is 10.8. The Morgan fingerprint density at radius 2 is 1.54 bits per heavy atom. The predicted octanol–water partition coefficient (Wildman–Crippen LogP) is 4.61. The Kier molecular flexibility index (Phi) is 13.3. The molecular weight excluding hydrogens is 332 g/mol. The van der Waals surface area contributed by atoms with Crippen molar-refractivity contribution in [2.24, 2.45) is 5.41 Å². The van der Waals surface area contributed by atoms with E-state index in [1.165, 1.54) is 0 Å². The van der Waals surface area contributed by atoms with Crippen molar-refractivity contribution in [2.75, 3.05) is 13.2 Å². The SMILES string of the molecule is CCOC(=O)CCCCC(C)(C)OCCCCC(C)(C)C(=O)O.Cl. The van der Waals surface area contributed by atoms with Crippen molar-refractivity contribution in [1.29, 1.82) is 0 Å². The highest BCUT2D eigenvalue weighted by molar-refractivity contribution is 5.85. The molecular formula is C18H35ClO5. The molecule has 0 amide bonds. The van der Waals surface area contributed by atoms with Gasteiger partial charge in [0.05, 0.1) is 17.6 Å². The van der Waals surface area contributed by atoms with Crippen LogP contribution in [0.25, 0.3) is 0 Å². The van der Waals surface area contributed by atoms with Gasteiger partial charge < -0.3 is 14.6 Å². The number of carboxylic acids is 1. The van der Waals surface area contributed by atoms with Gasteiger partial charge in [0.1, 0.15) is 0 Å². The largest absolute Gasteiger partial charge is 0.481 e. The highest BCUT2D eigenvalue weighted by Gasteiger charge is 2.26. The molecule has 0 aromatic rings. The Morgan fingerprint density at radius 3 is 2.08 bits per heavy atom. The fourth-order valence-corrected chi connectivity index (χ4v) is 2.25. The lowest BCUT2D eigenvalue weighted by atomic mass is 9.87. The van der Waals surface area contributed by atoms with Gasteiger partial charge in [0.15, 0.2) is 0 Å². The first kappa shape index (κ1) is 25.4. The topological polar surface area (TPSA) is 72.8 Å². The molecule has 144 valence electrons. The van der Waals surface area contributed by atoms with Crippen LogP contribution in [0.1, 0.15) is 79.6 Å². The van der Waals surface area contributed by atoms with Crippen molar-refractivity contribution in [2.45, 2.75) is 85.2 Å². The van der Waals surface area contributed by atoms with Crippen LogP contribution in [0.3, 0.4) is 0 Å². The van der Waals surface area contributed by atoms with Gasteiger partial charge in [0.2, 0.25) is 0 Å². The van der Waals surface area contributed by atoms with E-state index in [0.29, 0.717) is 26.1 Å². The normalized spacial score (nSPS) is 11.7. The fourth-order valence-electron chi connectivity index (χ4n) is 2.25. The lowest BCUT2D eigenvalue weighted by molar-refractivity contribution is -0.147. The molecule has 0 fully saturated rings. The number of hydrogen-bond acceptors (Lipinski definition) is 4. The molecule has 0 rings (SSSR count). The van der Waals surface area contributed by atoms with Crippen LogP contribution >= 0.6 is 12.4 Å². The van der Waals surface area contributed by atoms with Crippen LogP contribution in [0.4, 0.5) is 0 Å². The van der Waals surface area contributed by atoms with Crippen LogP contribution in [0, 0.1) is 5.41 Å². The lowest BCUT2D eigenvalue weighted by Gasteiger charge is -2.26. The van der Waals surface area contributed by atoms with Crippen LogP contribution in [-0.2, 0) is 19.1 Å². The summed E-state index contributed by atoms with van der Waals surface area (Å²) in [5.74, 6) is -0.882. The minimum absolute atomic E-state index is 0. The summed E-state index contributed by atoms with van der Waals surface area (Å²) in [6, 6.07) is 0. The summed E-state index contributed by atoms with van der Waals surface area (Å²) in [6.07, 6.45) is 5.48. The van der Waals surface area contributed by atoms with E-state index in [4.69, 9.17) is 14.6 Å². The lowest BCUT2D eigenvalue weighted by Crippen LogP contribution is -2.26. The van der Waals surface area contributed by atoms with Crippen molar-refractivity contribution in [3.63, 3.8) is 0 Å². The molecule has 0 aliphatic rings. The third-order valence-corrected chi connectivity index (χ3v) is 3.98. The number of unbranched alkanes of at least 4 members (excludes halogenated alkanes) is 2. The molecule has 24 heavy (non-hydrogen) atoms. The van der Waals surface area contributed by atoms with Gasteiger partial charge in [-0.2, -0.15) is 0 Å². The number of ether oxygens (including phenoxy) is 2. The van der Waals surface area contributed by atoms with Crippen molar-refractivity contribution >= 4 is 24.3 Å². The van der Waals surface area contributed by atoms with Gasteiger partial charge in [-0.3, -0.25) is 9.59 Å². The Balaban J connectivity index is 0. The van der Waals surface area contributed by atoms with Crippen LogP contribution in [0.2, 0.25) is 0 Å². The number of carboxylic acid groups (broad SMARTS) is 1. The second-order valence-corrected chi connectivity index (χ2v) is 7.27. The van der Waals surface area contributed by atoms with Gasteiger partial charge in [-0.05, 0) is 60.3 Å². The molecule has 0 spiro atoms. The first-order valence-electron chi connectivity index (χ1n) is 8.64. The van der Waals surface area contributed by atoms with Gasteiger partial charge in [0.25, 0.3) is 0 Å². The highest BCUT2D eigenvalue weighted by atomic mass is 35.5. The van der Waals surface area contributed by atoms with Crippen molar-refractivity contribution in [3.05, 3.63) is 0 Å². The van der Waals surface area contributed by atoms with E-state index in [2.05, 4.69) is 13.8 Å². The second-order valence-electron chi connectivity index (χ2n) is 7.27. The molecule has 0 aromatic heterocycles. The fraction of sp³-hybridized carbons (Fsp3) is 0.889. The third kappa shape index (κ3) is 12.6. The van der Waals surface area contributed by atoms with Gasteiger partial charge >= 0.3 is 11.9 Å². The minimum Gasteiger partial charge on any atom is -0.481 e. The van der Waals surface area contributed by atoms with Crippen LogP contribution in [-0.4, -0.2) is 35.9 Å². The molecule has 0 atom stereocenters. The van der Waals surface area contributed by atoms with Gasteiger partial charge in [0, 0.05) is 13.0 Å². The van der Waals surface area contributed by atoms with Crippen molar-refractivity contribution < 1.29 is 24.2 Å². The average molecular weight is 367 g/mol. The smallest absolute Gasteiger partial charge is 0.309 e. The highest BCUT2D eigenvalue weighted by Crippen LogP contribution is 2.24. The average Bonchev–Trinajstić information content (AvgIpc) is 2.43. The zero-order valence-corrected chi connectivity index (χ0v) is 16.7. The van der Waals surface area contributed by atoms with E-state index < -0.39 is 11.4 Å². The number of halogens is 1. The summed E-state index contributed by atoms with van der Waals surface area (Å²) in [4.78, 5) is 22.3. The zero-order valence-electron chi connectivity index (χ0n) is 15.9. The van der Waals surface area contributed by atoms with E-state index in [1.54, 1.807) is 13.8 Å². The van der Waals surface area contributed by atoms with Gasteiger partial charge in [-0.1, -0.05) is 12.8 Å². The summed E-state index contributed by atoms with van der Waals surface area (Å²) in [5.41, 5.74) is -0.875. The molecule has 0 aliphatic carbocycles. The first-order valence-corrected chi connectivity index (χ1v) is 8.64. The summed E-state index contributed by atoms with van der Waals surface area (Å²) in [7, 11) is 0. The second kappa shape index (κ2) is 12.5. The predicted molar refractivity (Wildman–Crippen MR) is 97.6 cm³/mol. The maximum atomic E-state index is 11.2. The molecule has 1 N–H and O–H groups in total. The quantitative estimate of drug-likeness (QED) is 0.380. The summed E-state index contributed by atoms with van der Waals surface area (Å²) >= 11 is 0. The van der Waals surface area contributed by atoms with Gasteiger partial charge in [-0.25, -0.2) is 0 Å². The van der Waals surface area contributed by atoms with Crippen LogP contribution in [0.5, 0.6) is 0 Å². The number of rotatable bonds is 13. The van der Waals surface area contributed by atoms with E-state index in [0.717, 1.165) is 32.1 Å². The Hall–Kier alpha value is -0.810. The Labute approximate surface area is 152 Å². The molecule has 0 aliphatic heterocycles. The number of carbonyl (C=O) groups excluding carboxylic acids is 1. The number of esters is 1. The molecule has 0 unspecified atom stereocenters. The Bertz CT molecular complexity index is 366. The molecule has 0 heterocycles. The third-order valence-electron chi connectivity index (χ3n) is 3.98. The van der Waals surface area contributed by atoms with Crippen molar-refractivity contribution in [3.8, 4) is 0 Å². The standard InChI is InChI=1S/C18H34O5.ClH/c1-6-22-15(19)11-7-8-13-18(4,5)23-14-10-9-12-17(2,3)16(20)21;/h6-14H2,1-5H3,(H,20,21);1H. The van der Waals surface area contributed by atoms with E-state index >= 15 is 0 Å². The first-order chi connectivity index (χ1) is 10.6. The molecule has 0 radical (unpaired) electrons. The minimum atomic E-state index is -0.750. The summed E-state index contributed by atoms with van der Waals surface area (Å²) in [6.45, 7) is 10.5. The molecule has 6 heteroatoms. The van der Waals surface area contributed by atoms with Crippen molar-refractivity contribution in [1.82, 2.24) is 0 Å². The molecule has 0 bridgehead atoms. The molecule has 5 nitrogen and oxygen atoms in total. The maximum Gasteiger partial charge on any atom is 0.309 e.